The maximum Gasteiger partial charge on any atom is 0.258 e. The number of nitrogens with one attached hydrogen (secondary N) is 1. The summed E-state index contributed by atoms with van der Waals surface area (Å²) >= 11 is 3.38. The molecule has 0 radical (unpaired) electrons. The first-order valence-electron chi connectivity index (χ1n) is 6.62. The number of benzene rings is 1. The van der Waals surface area contributed by atoms with Crippen LogP contribution in [-0.4, -0.2) is 24.5 Å². The van der Waals surface area contributed by atoms with E-state index in [0.29, 0.717) is 5.75 Å². The monoisotopic (exact) mass is 356 g/mol. The molecule has 1 rings (SSSR count). The number of amides is 1. The Balaban J connectivity index is 2.67. The van der Waals surface area contributed by atoms with Crippen molar-refractivity contribution in [1.82, 2.24) is 5.32 Å². The van der Waals surface area contributed by atoms with Gasteiger partial charge in [0.15, 0.2) is 6.61 Å². The Morgan fingerprint density at radius 3 is 2.24 bits per heavy atom. The Kier molecular flexibility index (Phi) is 6.20. The zero-order valence-electron chi connectivity index (χ0n) is 12.5. The number of ether oxygens (including phenoxy) is 1. The lowest BCUT2D eigenvalue weighted by Gasteiger charge is -2.23. The summed E-state index contributed by atoms with van der Waals surface area (Å²) in [7, 11) is 0. The number of hydrogen-bond acceptors (Lipinski definition) is 4. The van der Waals surface area contributed by atoms with Gasteiger partial charge in [0.2, 0.25) is 0 Å². The molecule has 0 heterocycles. The van der Waals surface area contributed by atoms with Gasteiger partial charge in [0, 0.05) is 4.47 Å². The van der Waals surface area contributed by atoms with Gasteiger partial charge >= 0.3 is 0 Å². The quantitative estimate of drug-likeness (QED) is 0.833. The van der Waals surface area contributed by atoms with Gasteiger partial charge in [-0.25, -0.2) is 0 Å². The number of aliphatic carboxylic acids is 1. The van der Waals surface area contributed by atoms with E-state index in [-0.39, 0.29) is 12.5 Å². The van der Waals surface area contributed by atoms with Crippen LogP contribution in [0.4, 0.5) is 0 Å². The molecule has 0 spiro atoms. The molecule has 1 N–H and O–H groups in total. The van der Waals surface area contributed by atoms with Crippen molar-refractivity contribution in [2.75, 3.05) is 6.61 Å². The number of carbonyl (C=O) groups is 2. The van der Waals surface area contributed by atoms with Gasteiger partial charge in [0.05, 0.1) is 12.0 Å². The molecule has 0 fully saturated rings. The molecular weight excluding hydrogens is 338 g/mol. The number of carboxylic acids is 1. The van der Waals surface area contributed by atoms with E-state index in [1.54, 1.807) is 13.8 Å². The van der Waals surface area contributed by atoms with Gasteiger partial charge in [0.25, 0.3) is 5.91 Å². The standard InChI is InChI=1S/C15H20BrNO4/c1-8(2)13(15(19)20)17-12(18)7-21-14-9(3)5-11(16)6-10(14)4/h5-6,8,13H,7H2,1-4H3,(H,17,18)(H,19,20)/p-1/t13-/m1/s1. The first-order chi connectivity index (χ1) is 9.72. The predicted octanol–water partition coefficient (Wildman–Crippen LogP) is 1.34. The summed E-state index contributed by atoms with van der Waals surface area (Å²) in [6.07, 6.45) is 0. The lowest BCUT2D eigenvalue weighted by atomic mass is 10.1. The van der Waals surface area contributed by atoms with Crippen LogP contribution in [-0.2, 0) is 9.59 Å². The fraction of sp³-hybridized carbons (Fsp3) is 0.467. The van der Waals surface area contributed by atoms with Crippen LogP contribution >= 0.6 is 15.9 Å². The molecule has 0 saturated heterocycles. The summed E-state index contributed by atoms with van der Waals surface area (Å²) in [5, 5.41) is 13.3. The van der Waals surface area contributed by atoms with Gasteiger partial charge in [-0.15, -0.1) is 0 Å². The molecule has 5 nitrogen and oxygen atoms in total. The summed E-state index contributed by atoms with van der Waals surface area (Å²) in [4.78, 5) is 22.7. The molecule has 0 aliphatic heterocycles. The average Bonchev–Trinajstić information content (AvgIpc) is 2.33. The van der Waals surface area contributed by atoms with Crippen molar-refractivity contribution in [2.24, 2.45) is 5.92 Å². The molecule has 1 aromatic rings. The Labute approximate surface area is 132 Å². The van der Waals surface area contributed by atoms with E-state index in [9.17, 15) is 14.7 Å². The van der Waals surface area contributed by atoms with Gasteiger partial charge < -0.3 is 20.0 Å². The molecular formula is C15H19BrNO4-. The molecule has 1 aromatic carbocycles. The molecule has 116 valence electrons. The third-order valence-electron chi connectivity index (χ3n) is 3.01. The summed E-state index contributed by atoms with van der Waals surface area (Å²) in [5.74, 6) is -1.41. The Bertz CT molecular complexity index is 519. The fourth-order valence-electron chi connectivity index (χ4n) is 1.98. The SMILES string of the molecule is Cc1cc(Br)cc(C)c1OCC(=O)N[C@@H](C(=O)[O-])C(C)C. The Hall–Kier alpha value is -1.56. The van der Waals surface area contributed by atoms with Crippen LogP contribution in [0.2, 0.25) is 0 Å². The lowest BCUT2D eigenvalue weighted by molar-refractivity contribution is -0.309. The molecule has 0 saturated carbocycles. The van der Waals surface area contributed by atoms with Crippen LogP contribution in [0.25, 0.3) is 0 Å². The van der Waals surface area contributed by atoms with Crippen molar-refractivity contribution in [3.8, 4) is 5.75 Å². The largest absolute Gasteiger partial charge is 0.548 e. The molecule has 0 aliphatic rings. The van der Waals surface area contributed by atoms with E-state index in [2.05, 4.69) is 21.2 Å². The van der Waals surface area contributed by atoms with Crippen LogP contribution < -0.4 is 15.2 Å². The Morgan fingerprint density at radius 2 is 1.81 bits per heavy atom. The zero-order valence-corrected chi connectivity index (χ0v) is 14.1. The van der Waals surface area contributed by atoms with Gasteiger partial charge in [-0.2, -0.15) is 0 Å². The zero-order chi connectivity index (χ0) is 16.2. The lowest BCUT2D eigenvalue weighted by Crippen LogP contribution is -2.51. The van der Waals surface area contributed by atoms with Crippen molar-refractivity contribution in [3.05, 3.63) is 27.7 Å². The highest BCUT2D eigenvalue weighted by Crippen LogP contribution is 2.27. The van der Waals surface area contributed by atoms with Crippen molar-refractivity contribution in [2.45, 2.75) is 33.7 Å². The number of rotatable bonds is 6. The van der Waals surface area contributed by atoms with Crippen LogP contribution in [0, 0.1) is 19.8 Å². The van der Waals surface area contributed by atoms with Crippen molar-refractivity contribution >= 4 is 27.8 Å². The number of carboxylic acid groups (broad SMARTS) is 1. The number of hydrogen-bond donors (Lipinski definition) is 1. The van der Waals surface area contributed by atoms with Gasteiger partial charge in [-0.1, -0.05) is 29.8 Å². The second kappa shape index (κ2) is 7.45. The Morgan fingerprint density at radius 1 is 1.29 bits per heavy atom. The van der Waals surface area contributed by atoms with Crippen LogP contribution in [0.15, 0.2) is 16.6 Å². The second-order valence-corrected chi connectivity index (χ2v) is 6.18. The van der Waals surface area contributed by atoms with Crippen LogP contribution in [0.3, 0.4) is 0 Å². The van der Waals surface area contributed by atoms with E-state index in [1.165, 1.54) is 0 Å². The third-order valence-corrected chi connectivity index (χ3v) is 3.47. The number of aryl methyl sites for hydroxylation is 2. The number of carbonyl (C=O) groups excluding carboxylic acids is 2. The minimum absolute atomic E-state index is 0.236. The van der Waals surface area contributed by atoms with Crippen LogP contribution in [0.5, 0.6) is 5.75 Å². The second-order valence-electron chi connectivity index (χ2n) is 5.27. The third kappa shape index (κ3) is 5.04. The highest BCUT2D eigenvalue weighted by atomic mass is 79.9. The van der Waals surface area contributed by atoms with Crippen molar-refractivity contribution in [3.63, 3.8) is 0 Å². The highest BCUT2D eigenvalue weighted by molar-refractivity contribution is 9.10. The minimum Gasteiger partial charge on any atom is -0.548 e. The maximum absolute atomic E-state index is 11.8. The van der Waals surface area contributed by atoms with E-state index >= 15 is 0 Å². The fourth-order valence-corrected chi connectivity index (χ4v) is 2.66. The van der Waals surface area contributed by atoms with Gasteiger partial charge in [-0.3, -0.25) is 4.79 Å². The molecule has 21 heavy (non-hydrogen) atoms. The smallest absolute Gasteiger partial charge is 0.258 e. The van der Waals surface area contributed by atoms with E-state index in [0.717, 1.165) is 15.6 Å². The van der Waals surface area contributed by atoms with Gasteiger partial charge in [-0.05, 0) is 43.0 Å². The molecule has 0 bridgehead atoms. The van der Waals surface area contributed by atoms with Crippen molar-refractivity contribution < 1.29 is 19.4 Å². The summed E-state index contributed by atoms with van der Waals surface area (Å²) < 4.78 is 6.43. The first-order valence-corrected chi connectivity index (χ1v) is 7.41. The molecule has 1 amide bonds. The highest BCUT2D eigenvalue weighted by Gasteiger charge is 2.18. The summed E-state index contributed by atoms with van der Waals surface area (Å²) in [6.45, 7) is 6.92. The van der Waals surface area contributed by atoms with Gasteiger partial charge in [0.1, 0.15) is 5.75 Å². The molecule has 0 aliphatic carbocycles. The molecule has 1 atom stereocenters. The molecule has 0 unspecified atom stereocenters. The summed E-state index contributed by atoms with van der Waals surface area (Å²) in [6, 6.07) is 2.75. The summed E-state index contributed by atoms with van der Waals surface area (Å²) in [5.41, 5.74) is 1.80. The number of halogens is 1. The maximum atomic E-state index is 11.8. The average molecular weight is 357 g/mol. The first kappa shape index (κ1) is 17.5. The molecule has 0 aromatic heterocycles. The van der Waals surface area contributed by atoms with Crippen molar-refractivity contribution in [1.29, 1.82) is 0 Å². The van der Waals surface area contributed by atoms with E-state index < -0.39 is 17.9 Å². The van der Waals surface area contributed by atoms with E-state index in [4.69, 9.17) is 4.74 Å². The minimum atomic E-state index is -1.30. The predicted molar refractivity (Wildman–Crippen MR) is 80.9 cm³/mol. The van der Waals surface area contributed by atoms with Crippen LogP contribution in [0.1, 0.15) is 25.0 Å². The topological polar surface area (TPSA) is 78.5 Å². The molecule has 6 heteroatoms. The van der Waals surface area contributed by atoms with E-state index in [1.807, 2.05) is 26.0 Å². The normalized spacial score (nSPS) is 12.1.